The Morgan fingerprint density at radius 3 is 2.47 bits per heavy atom. The Kier molecular flexibility index (Phi) is 3.59. The highest BCUT2D eigenvalue weighted by molar-refractivity contribution is 9.10. The maximum Gasteiger partial charge on any atom is 0.117 e. The van der Waals surface area contributed by atoms with Crippen molar-refractivity contribution in [1.29, 1.82) is 0 Å². The van der Waals surface area contributed by atoms with Crippen LogP contribution in [0.4, 0.5) is 5.69 Å². The summed E-state index contributed by atoms with van der Waals surface area (Å²) in [5.41, 5.74) is 2.97. The van der Waals surface area contributed by atoms with Crippen LogP contribution in [0, 0.1) is 6.92 Å². The molecule has 0 aliphatic rings. The fourth-order valence-corrected chi connectivity index (χ4v) is 1.95. The van der Waals surface area contributed by atoms with E-state index in [-0.39, 0.29) is 5.75 Å². The number of benzene rings is 2. The molecule has 2 nitrogen and oxygen atoms in total. The van der Waals surface area contributed by atoms with Gasteiger partial charge in [-0.15, -0.1) is 0 Å². The zero-order valence-corrected chi connectivity index (χ0v) is 11.0. The summed E-state index contributed by atoms with van der Waals surface area (Å²) < 4.78 is 0.836. The van der Waals surface area contributed by atoms with E-state index in [9.17, 15) is 5.11 Å². The molecule has 2 rings (SSSR count). The molecule has 0 fully saturated rings. The minimum atomic E-state index is 0.227. The topological polar surface area (TPSA) is 32.6 Å². The molecular weight excluding hydrogens is 278 g/mol. The van der Waals surface area contributed by atoms with Gasteiger partial charge in [0.15, 0.2) is 0 Å². The number of aryl methyl sites for hydroxylation is 1. The Hall–Kier alpha value is -1.61. The first-order valence-electron chi connectivity index (χ1n) is 5.24. The number of rotatable bonds is 2. The summed E-state index contributed by atoms with van der Waals surface area (Å²) in [6, 6.07) is 13.2. The predicted octanol–water partition coefficient (Wildman–Crippen LogP) is 4.21. The van der Waals surface area contributed by atoms with Crippen LogP contribution < -0.4 is 0 Å². The van der Waals surface area contributed by atoms with Crippen molar-refractivity contribution < 1.29 is 5.11 Å². The first kappa shape index (κ1) is 11.9. The summed E-state index contributed by atoms with van der Waals surface area (Å²) in [5, 5.41) is 9.44. The van der Waals surface area contributed by atoms with Crippen LogP contribution in [0.15, 0.2) is 51.9 Å². The Bertz CT molecular complexity index is 526. The number of aliphatic imine (C=N–C) groups is 1. The van der Waals surface area contributed by atoms with E-state index in [0.29, 0.717) is 0 Å². The second kappa shape index (κ2) is 5.15. The smallest absolute Gasteiger partial charge is 0.117 e. The lowest BCUT2D eigenvalue weighted by atomic mass is 10.2. The predicted molar refractivity (Wildman–Crippen MR) is 74.2 cm³/mol. The fraction of sp³-hybridized carbons (Fsp3) is 0.0714. The third-order valence-corrected chi connectivity index (χ3v) is 2.76. The van der Waals surface area contributed by atoms with Gasteiger partial charge in [0.25, 0.3) is 0 Å². The summed E-state index contributed by atoms with van der Waals surface area (Å²) in [7, 11) is 0. The first-order valence-corrected chi connectivity index (χ1v) is 6.03. The second-order valence-electron chi connectivity index (χ2n) is 3.84. The van der Waals surface area contributed by atoms with Gasteiger partial charge in [0.1, 0.15) is 5.75 Å². The van der Waals surface area contributed by atoms with Gasteiger partial charge >= 0.3 is 0 Å². The van der Waals surface area contributed by atoms with Gasteiger partial charge in [-0.05, 0) is 42.8 Å². The standard InChI is InChI=1S/C14H12BrNO/c1-10-2-4-13(5-3-10)16-9-11-6-12(15)8-14(17)7-11/h2-9,17H,1H3. The van der Waals surface area contributed by atoms with Crippen molar-refractivity contribution in [1.82, 2.24) is 0 Å². The van der Waals surface area contributed by atoms with E-state index in [2.05, 4.69) is 20.9 Å². The number of hydrogen-bond donors (Lipinski definition) is 1. The minimum Gasteiger partial charge on any atom is -0.508 e. The van der Waals surface area contributed by atoms with Crippen LogP contribution in [0.2, 0.25) is 0 Å². The van der Waals surface area contributed by atoms with Gasteiger partial charge in [-0.3, -0.25) is 4.99 Å². The number of aromatic hydroxyl groups is 1. The Labute approximate surface area is 109 Å². The summed E-state index contributed by atoms with van der Waals surface area (Å²) >= 11 is 3.33. The SMILES string of the molecule is Cc1ccc(N=Cc2cc(O)cc(Br)c2)cc1. The Morgan fingerprint density at radius 1 is 1.12 bits per heavy atom. The molecule has 0 unspecified atom stereocenters. The Balaban J connectivity index is 2.22. The lowest BCUT2D eigenvalue weighted by molar-refractivity contribution is 0.475. The number of halogens is 1. The third kappa shape index (κ3) is 3.43. The molecule has 0 saturated heterocycles. The van der Waals surface area contributed by atoms with Crippen molar-refractivity contribution in [3.05, 3.63) is 58.1 Å². The molecule has 0 amide bonds. The maximum absolute atomic E-state index is 9.44. The van der Waals surface area contributed by atoms with Crippen LogP contribution in [0.1, 0.15) is 11.1 Å². The molecule has 0 aliphatic carbocycles. The van der Waals surface area contributed by atoms with Crippen LogP contribution >= 0.6 is 15.9 Å². The van der Waals surface area contributed by atoms with E-state index in [4.69, 9.17) is 0 Å². The summed E-state index contributed by atoms with van der Waals surface area (Å²) in [4.78, 5) is 4.34. The maximum atomic E-state index is 9.44. The molecule has 86 valence electrons. The van der Waals surface area contributed by atoms with Gasteiger partial charge in [0.2, 0.25) is 0 Å². The van der Waals surface area contributed by atoms with Crippen LogP contribution in [0.5, 0.6) is 5.75 Å². The number of phenols is 1. The molecule has 0 bridgehead atoms. The highest BCUT2D eigenvalue weighted by Crippen LogP contribution is 2.20. The van der Waals surface area contributed by atoms with Gasteiger partial charge in [-0.25, -0.2) is 0 Å². The molecule has 0 aliphatic heterocycles. The fourth-order valence-electron chi connectivity index (χ4n) is 1.45. The minimum absolute atomic E-state index is 0.227. The zero-order chi connectivity index (χ0) is 12.3. The molecule has 0 atom stereocenters. The highest BCUT2D eigenvalue weighted by atomic mass is 79.9. The number of nitrogens with zero attached hydrogens (tertiary/aromatic N) is 1. The molecule has 2 aromatic rings. The van der Waals surface area contributed by atoms with Crippen molar-refractivity contribution in [2.45, 2.75) is 6.92 Å². The molecule has 2 aromatic carbocycles. The number of phenolic OH excluding ortho intramolecular Hbond substituents is 1. The lowest BCUT2D eigenvalue weighted by Crippen LogP contribution is -1.80. The van der Waals surface area contributed by atoms with E-state index < -0.39 is 0 Å². The van der Waals surface area contributed by atoms with Crippen molar-refractivity contribution in [3.8, 4) is 5.75 Å². The van der Waals surface area contributed by atoms with Crippen molar-refractivity contribution in [2.24, 2.45) is 4.99 Å². The highest BCUT2D eigenvalue weighted by Gasteiger charge is 1.95. The van der Waals surface area contributed by atoms with E-state index in [0.717, 1.165) is 15.7 Å². The van der Waals surface area contributed by atoms with Crippen molar-refractivity contribution >= 4 is 27.8 Å². The van der Waals surface area contributed by atoms with Crippen LogP contribution in [0.3, 0.4) is 0 Å². The molecule has 0 spiro atoms. The molecule has 0 saturated carbocycles. The number of hydrogen-bond acceptors (Lipinski definition) is 2. The van der Waals surface area contributed by atoms with E-state index >= 15 is 0 Å². The lowest BCUT2D eigenvalue weighted by Gasteiger charge is -1.98. The van der Waals surface area contributed by atoms with E-state index in [1.807, 2.05) is 37.3 Å². The van der Waals surface area contributed by atoms with Crippen LogP contribution in [0.25, 0.3) is 0 Å². The van der Waals surface area contributed by atoms with Crippen LogP contribution in [-0.4, -0.2) is 11.3 Å². The van der Waals surface area contributed by atoms with Gasteiger partial charge in [-0.2, -0.15) is 0 Å². The van der Waals surface area contributed by atoms with Gasteiger partial charge in [0.05, 0.1) is 5.69 Å². The van der Waals surface area contributed by atoms with Crippen LogP contribution in [-0.2, 0) is 0 Å². The van der Waals surface area contributed by atoms with Crippen molar-refractivity contribution in [2.75, 3.05) is 0 Å². The molecule has 0 radical (unpaired) electrons. The third-order valence-electron chi connectivity index (χ3n) is 2.30. The van der Waals surface area contributed by atoms with Crippen molar-refractivity contribution in [3.63, 3.8) is 0 Å². The van der Waals surface area contributed by atoms with E-state index in [1.54, 1.807) is 18.3 Å². The van der Waals surface area contributed by atoms with E-state index in [1.165, 1.54) is 5.56 Å². The zero-order valence-electron chi connectivity index (χ0n) is 9.39. The molecule has 17 heavy (non-hydrogen) atoms. The molecule has 0 heterocycles. The van der Waals surface area contributed by atoms with Gasteiger partial charge in [0, 0.05) is 10.7 Å². The molecular formula is C14H12BrNO. The average Bonchev–Trinajstić information content (AvgIpc) is 2.27. The largest absolute Gasteiger partial charge is 0.508 e. The first-order chi connectivity index (χ1) is 8.13. The normalized spacial score (nSPS) is 10.9. The van der Waals surface area contributed by atoms with Gasteiger partial charge < -0.3 is 5.11 Å². The summed E-state index contributed by atoms with van der Waals surface area (Å²) in [5.74, 6) is 0.227. The Morgan fingerprint density at radius 2 is 1.82 bits per heavy atom. The molecule has 3 heteroatoms. The average molecular weight is 290 g/mol. The molecule has 0 aromatic heterocycles. The molecule has 1 N–H and O–H groups in total. The second-order valence-corrected chi connectivity index (χ2v) is 4.75. The quantitative estimate of drug-likeness (QED) is 0.825. The monoisotopic (exact) mass is 289 g/mol. The summed E-state index contributed by atoms with van der Waals surface area (Å²) in [6.45, 7) is 2.04. The van der Waals surface area contributed by atoms with Gasteiger partial charge in [-0.1, -0.05) is 33.6 Å². The summed E-state index contributed by atoms with van der Waals surface area (Å²) in [6.07, 6.45) is 1.73.